The Kier molecular flexibility index (Phi) is 27.9. The van der Waals surface area contributed by atoms with E-state index in [1.165, 1.54) is 0 Å². The van der Waals surface area contributed by atoms with Gasteiger partial charge in [-0.15, -0.1) is 0 Å². The average Bonchev–Trinajstić information content (AvgIpc) is 3.81. The molecule has 0 radical (unpaired) electrons. The average molecular weight is 1070 g/mol. The van der Waals surface area contributed by atoms with Crippen molar-refractivity contribution in [3.63, 3.8) is 0 Å². The van der Waals surface area contributed by atoms with Crippen LogP contribution in [0.25, 0.3) is 0 Å². The Morgan fingerprint density at radius 3 is 1.49 bits per heavy atom. The Labute approximate surface area is 403 Å². The van der Waals surface area contributed by atoms with Crippen LogP contribution in [-0.2, 0) is 28.8 Å². The van der Waals surface area contributed by atoms with Gasteiger partial charge in [-0.25, -0.2) is 0 Å². The maximum atomic E-state index is 14.2. The minimum absolute atomic E-state index is 0.0165. The first-order chi connectivity index (χ1) is 31.0. The van der Waals surface area contributed by atoms with Gasteiger partial charge in [-0.2, -0.15) is 0 Å². The molecule has 67 heavy (non-hydrogen) atoms. The quantitative estimate of drug-likeness (QED) is 0.00818. The molecule has 7 amide bonds. The number of nitrogens with two attached hydrogens (primary N) is 5. The summed E-state index contributed by atoms with van der Waals surface area (Å²) in [6.07, 6.45) is -5.08. The molecule has 390 valence electrons. The summed E-state index contributed by atoms with van der Waals surface area (Å²) >= 11 is -2.76. The number of alkyl halides is 1. The summed E-state index contributed by atoms with van der Waals surface area (Å²) in [5.74, 6) is -4.32. The second-order valence-electron chi connectivity index (χ2n) is 19.6. The second kappa shape index (κ2) is 30.3. The van der Waals surface area contributed by atoms with Crippen molar-refractivity contribution in [1.29, 1.82) is 0 Å². The van der Waals surface area contributed by atoms with Gasteiger partial charge >= 0.3 is 222 Å². The zero-order valence-corrected chi connectivity index (χ0v) is 42.8. The number of carbonyl (C=O) groups excluding carboxylic acids is 7. The standard InChI is InChI=1S/C43H85IN12O11/c1-22(2)17-29(53-37(62)26(9-12-32(45)58)50-36(19-24(5)6)55-42(67)44(49)16-15-35(48)61)39(64)51-27(10-13-33(46)59)38(63)54-30(18-23(3)4)40(65)52-28(11-14-34(47)60)41(66)56-43(20-25(7)8)21-31(43)57/h22-31,35-36,38,41,50,54,56-57,61,63,66H,9-21,48-49H2,1-8H3,(H2,45,58)(H2,46,59)(H2,47,60)(H,51,64)(H,52,65)(H,53,62)(H,55,67)/t26?,27?,28?,29?,30?,31?,35?,36?,38?,41?,43-/m1/s1. The van der Waals surface area contributed by atoms with E-state index in [1.807, 2.05) is 55.4 Å². The molecule has 23 nitrogen and oxygen atoms in total. The minimum atomic E-state index is -2.76. The Morgan fingerprint density at radius 2 is 1.04 bits per heavy atom. The number of amides is 7. The van der Waals surface area contributed by atoms with Gasteiger partial charge < -0.3 is 32.1 Å². The predicted molar refractivity (Wildman–Crippen MR) is 261 cm³/mol. The third-order valence-corrected chi connectivity index (χ3v) is 14.4. The number of hydrogen-bond acceptors (Lipinski definition) is 16. The first-order valence-corrected chi connectivity index (χ1v) is 27.1. The van der Waals surface area contributed by atoms with Crippen molar-refractivity contribution in [1.82, 2.24) is 37.2 Å². The van der Waals surface area contributed by atoms with Crippen LogP contribution in [0, 0.1) is 23.7 Å². The van der Waals surface area contributed by atoms with Crippen LogP contribution in [0.5, 0.6) is 0 Å². The summed E-state index contributed by atoms with van der Waals surface area (Å²) < 4.78 is 6.01. The monoisotopic (exact) mass is 1070 g/mol. The summed E-state index contributed by atoms with van der Waals surface area (Å²) in [7, 11) is 0. The van der Waals surface area contributed by atoms with Crippen molar-refractivity contribution in [3.05, 3.63) is 0 Å². The molecule has 1 aliphatic carbocycles. The van der Waals surface area contributed by atoms with E-state index in [2.05, 4.69) is 37.2 Å². The Morgan fingerprint density at radius 1 is 0.597 bits per heavy atom. The van der Waals surface area contributed by atoms with E-state index < -0.39 is 126 Å². The normalized spacial score (nSPS) is 20.2. The van der Waals surface area contributed by atoms with Crippen LogP contribution in [0.1, 0.15) is 132 Å². The second-order valence-corrected chi connectivity index (χ2v) is 23.9. The topological polar surface area (TPSA) is 415 Å². The van der Waals surface area contributed by atoms with Gasteiger partial charge in [-0.1, -0.05) is 27.7 Å². The van der Waals surface area contributed by atoms with Crippen LogP contribution < -0.4 is 64.1 Å². The Bertz CT molecular complexity index is 1600. The van der Waals surface area contributed by atoms with E-state index in [1.54, 1.807) is 0 Å². The van der Waals surface area contributed by atoms with Gasteiger partial charge in [0.25, 0.3) is 0 Å². The van der Waals surface area contributed by atoms with Gasteiger partial charge in [0.15, 0.2) is 0 Å². The van der Waals surface area contributed by atoms with Crippen molar-refractivity contribution in [2.75, 3.05) is 4.43 Å². The fraction of sp³-hybridized carbons (Fsp3) is 0.837. The molecule has 1 saturated carbocycles. The molecule has 1 aliphatic rings. The molecule has 10 unspecified atom stereocenters. The summed E-state index contributed by atoms with van der Waals surface area (Å²) in [5, 5.41) is 63.0. The molecule has 0 aromatic heterocycles. The van der Waals surface area contributed by atoms with Gasteiger partial charge in [0, 0.05) is 18.4 Å². The molecule has 0 bridgehead atoms. The molecule has 0 spiro atoms. The van der Waals surface area contributed by atoms with E-state index in [-0.39, 0.29) is 85.9 Å². The fourth-order valence-electron chi connectivity index (χ4n) is 7.62. The summed E-state index contributed by atoms with van der Waals surface area (Å²) in [6, 6.07) is -5.81. The van der Waals surface area contributed by atoms with Crippen molar-refractivity contribution < 1.29 is 54.0 Å². The van der Waals surface area contributed by atoms with Crippen molar-refractivity contribution in [2.24, 2.45) is 50.6 Å². The minimum Gasteiger partial charge on any atom is -0.391 e. The van der Waals surface area contributed by atoms with Gasteiger partial charge in [0.1, 0.15) is 6.23 Å². The van der Waals surface area contributed by atoms with E-state index in [9.17, 15) is 54.0 Å². The first kappa shape index (κ1) is 61.7. The number of hydrogen-bond donors (Lipinski definition) is 16. The molecule has 21 N–H and O–H groups in total. The third-order valence-electron chi connectivity index (χ3n) is 11.0. The molecular formula is C43H85IN12O11. The van der Waals surface area contributed by atoms with E-state index in [0.29, 0.717) is 19.3 Å². The molecule has 11 atom stereocenters. The van der Waals surface area contributed by atoms with Gasteiger partial charge in [0.2, 0.25) is 17.7 Å². The zero-order chi connectivity index (χ0) is 51.3. The van der Waals surface area contributed by atoms with Crippen LogP contribution in [0.4, 0.5) is 4.79 Å². The molecular weight excluding hydrogens is 987 g/mol. The van der Waals surface area contributed by atoms with Gasteiger partial charge in [-0.05, 0) is 37.5 Å². The SMILES string of the molecule is CC(C)CC(NC(=O)I(N)CCC(N)O)NC(CCC(N)=O)C(=O)NC(CC(C)C)C(=O)NC(CCC(N)=O)C(O)NC(CC(C)C)C(=O)NC(CCC(N)=O)C(O)N[C@]1(CC(C)C)CC1O. The van der Waals surface area contributed by atoms with Crippen LogP contribution in [0.2, 0.25) is 0 Å². The third kappa shape index (κ3) is 25.2. The number of carbonyl (C=O) groups is 7. The van der Waals surface area contributed by atoms with Crippen LogP contribution in [-0.4, -0.2) is 131 Å². The Balaban J connectivity index is 3.44. The summed E-state index contributed by atoms with van der Waals surface area (Å²) in [6.45, 7) is 15.0. The van der Waals surface area contributed by atoms with Crippen molar-refractivity contribution in [3.8, 4) is 0 Å². The number of primary amides is 3. The molecule has 0 aromatic carbocycles. The summed E-state index contributed by atoms with van der Waals surface area (Å²) in [4.78, 5) is 91.1. The number of aliphatic hydroxyl groups excluding tert-OH is 4. The number of aliphatic hydroxyl groups is 4. The molecule has 0 saturated heterocycles. The van der Waals surface area contributed by atoms with Crippen LogP contribution >= 0.6 is 20.1 Å². The number of halogens is 1. The molecule has 0 aromatic rings. The molecule has 24 heteroatoms. The van der Waals surface area contributed by atoms with E-state index in [4.69, 9.17) is 26.9 Å². The van der Waals surface area contributed by atoms with E-state index in [0.717, 1.165) is 0 Å². The smallest absolute Gasteiger partial charge is 0.391 e. The number of nitrogens with one attached hydrogen (secondary N) is 7. The first-order valence-electron chi connectivity index (χ1n) is 23.3. The molecule has 0 aliphatic heterocycles. The molecule has 1 rings (SSSR count). The van der Waals surface area contributed by atoms with Crippen LogP contribution in [0.3, 0.4) is 0 Å². The number of rotatable bonds is 36. The predicted octanol–water partition coefficient (Wildman–Crippen LogP) is -1.85. The van der Waals surface area contributed by atoms with E-state index >= 15 is 0 Å². The van der Waals surface area contributed by atoms with Gasteiger partial charge in [0.05, 0.1) is 18.2 Å². The van der Waals surface area contributed by atoms with Gasteiger partial charge in [-0.3, -0.25) is 25.0 Å². The Hall–Kier alpha value is -3.34. The van der Waals surface area contributed by atoms with Crippen molar-refractivity contribution in [2.45, 2.75) is 199 Å². The molecule has 0 heterocycles. The zero-order valence-electron chi connectivity index (χ0n) is 40.7. The maximum absolute atomic E-state index is 14.2. The summed E-state index contributed by atoms with van der Waals surface area (Å²) in [5.41, 5.74) is 21.0. The fourth-order valence-corrected chi connectivity index (χ4v) is 10.2. The molecule has 1 fully saturated rings. The van der Waals surface area contributed by atoms with Crippen molar-refractivity contribution >= 4 is 59.5 Å². The van der Waals surface area contributed by atoms with Crippen LogP contribution in [0.15, 0.2) is 0 Å².